The number of hydrogen-bond donors (Lipinski definition) is 1. The summed E-state index contributed by atoms with van der Waals surface area (Å²) in [6, 6.07) is 10.3. The van der Waals surface area contributed by atoms with Crippen LogP contribution in [0.4, 0.5) is 5.69 Å². The summed E-state index contributed by atoms with van der Waals surface area (Å²) in [5.74, 6) is 0. The second-order valence-electron chi connectivity index (χ2n) is 5.74. The summed E-state index contributed by atoms with van der Waals surface area (Å²) >= 11 is 0. The molecule has 3 heteroatoms. The fourth-order valence-electron chi connectivity index (χ4n) is 2.63. The number of hydrogen-bond acceptors (Lipinski definition) is 2. The van der Waals surface area contributed by atoms with E-state index in [0.29, 0.717) is 0 Å². The Balaban J connectivity index is 2.20. The third kappa shape index (κ3) is 3.97. The highest BCUT2D eigenvalue weighted by Crippen LogP contribution is 2.20. The fourth-order valence-corrected chi connectivity index (χ4v) is 2.63. The van der Waals surface area contributed by atoms with Gasteiger partial charge in [0.1, 0.15) is 0 Å². The molecular formula is C18H24N2O. The monoisotopic (exact) mass is 284 g/mol. The summed E-state index contributed by atoms with van der Waals surface area (Å²) in [5.41, 5.74) is 4.85. The topological polar surface area (TPSA) is 34.0 Å². The van der Waals surface area contributed by atoms with Gasteiger partial charge in [-0.15, -0.1) is 0 Å². The van der Waals surface area contributed by atoms with Crippen molar-refractivity contribution in [2.24, 2.45) is 0 Å². The van der Waals surface area contributed by atoms with Gasteiger partial charge in [0.25, 0.3) is 5.56 Å². The van der Waals surface area contributed by atoms with Gasteiger partial charge in [-0.05, 0) is 38.8 Å². The van der Waals surface area contributed by atoms with Crippen LogP contribution in [0.1, 0.15) is 43.0 Å². The number of pyridine rings is 1. The van der Waals surface area contributed by atoms with Gasteiger partial charge in [0.2, 0.25) is 0 Å². The minimum absolute atomic E-state index is 0.0569. The van der Waals surface area contributed by atoms with Gasteiger partial charge in [0.15, 0.2) is 0 Å². The predicted octanol–water partition coefficient (Wildman–Crippen LogP) is 4.05. The van der Waals surface area contributed by atoms with Gasteiger partial charge >= 0.3 is 0 Å². The number of nitrogens with zero attached hydrogens (tertiary/aromatic N) is 1. The van der Waals surface area contributed by atoms with E-state index in [9.17, 15) is 4.79 Å². The van der Waals surface area contributed by atoms with Gasteiger partial charge in [-0.2, -0.15) is 0 Å². The average molecular weight is 284 g/mol. The summed E-state index contributed by atoms with van der Waals surface area (Å²) in [5, 5.41) is 3.48. The quantitative estimate of drug-likeness (QED) is 0.898. The molecule has 0 saturated heterocycles. The normalized spacial score (nSPS) is 12.2. The molecule has 1 atom stereocenters. The molecule has 0 amide bonds. The zero-order chi connectivity index (χ0) is 15.4. The molecule has 3 nitrogen and oxygen atoms in total. The Hall–Kier alpha value is -2.03. The molecule has 2 rings (SSSR count). The first-order valence-corrected chi connectivity index (χ1v) is 7.55. The molecule has 1 unspecified atom stereocenters. The van der Waals surface area contributed by atoms with Gasteiger partial charge in [0, 0.05) is 24.8 Å². The molecule has 0 bridgehead atoms. The maximum atomic E-state index is 11.7. The number of anilines is 1. The van der Waals surface area contributed by atoms with Gasteiger partial charge in [0.05, 0.1) is 5.69 Å². The lowest BCUT2D eigenvalue weighted by atomic mass is 10.0. The maximum Gasteiger partial charge on any atom is 0.250 e. The summed E-state index contributed by atoms with van der Waals surface area (Å²) in [6.45, 7) is 9.20. The van der Waals surface area contributed by atoms with Crippen molar-refractivity contribution < 1.29 is 0 Å². The molecule has 0 aliphatic heterocycles. The van der Waals surface area contributed by atoms with Crippen LogP contribution in [0.15, 0.2) is 41.3 Å². The zero-order valence-electron chi connectivity index (χ0n) is 13.3. The van der Waals surface area contributed by atoms with Crippen molar-refractivity contribution in [3.05, 3.63) is 63.6 Å². The molecular weight excluding hydrogens is 260 g/mol. The third-order valence-electron chi connectivity index (χ3n) is 3.58. The van der Waals surface area contributed by atoms with E-state index in [1.807, 2.05) is 12.3 Å². The van der Waals surface area contributed by atoms with Crippen LogP contribution < -0.4 is 10.9 Å². The first kappa shape index (κ1) is 15.4. The van der Waals surface area contributed by atoms with Crippen molar-refractivity contribution in [1.29, 1.82) is 0 Å². The number of rotatable bonds is 5. The fraction of sp³-hybridized carbons (Fsp3) is 0.389. The first-order chi connectivity index (χ1) is 9.99. The first-order valence-electron chi connectivity index (χ1n) is 7.55. The molecule has 0 aliphatic rings. The average Bonchev–Trinajstić information content (AvgIpc) is 2.41. The molecule has 0 fully saturated rings. The van der Waals surface area contributed by atoms with E-state index in [2.05, 4.69) is 51.2 Å². The minimum atomic E-state index is 0.0569. The third-order valence-corrected chi connectivity index (χ3v) is 3.58. The molecule has 1 aromatic carbocycles. The maximum absolute atomic E-state index is 11.7. The van der Waals surface area contributed by atoms with Crippen LogP contribution in [-0.4, -0.2) is 4.57 Å². The van der Waals surface area contributed by atoms with Crippen LogP contribution >= 0.6 is 0 Å². The Kier molecular flexibility index (Phi) is 4.84. The molecule has 0 spiro atoms. The summed E-state index contributed by atoms with van der Waals surface area (Å²) < 4.78 is 1.76. The smallest absolute Gasteiger partial charge is 0.250 e. The van der Waals surface area contributed by atoms with E-state index < -0.39 is 0 Å². The van der Waals surface area contributed by atoms with Gasteiger partial charge in [-0.3, -0.25) is 4.79 Å². The lowest BCUT2D eigenvalue weighted by Gasteiger charge is -2.18. The van der Waals surface area contributed by atoms with E-state index in [1.54, 1.807) is 10.6 Å². The van der Waals surface area contributed by atoms with Crippen LogP contribution in [0, 0.1) is 13.8 Å². The Morgan fingerprint density at radius 3 is 2.43 bits per heavy atom. The Morgan fingerprint density at radius 1 is 1.14 bits per heavy atom. The molecule has 1 aromatic heterocycles. The van der Waals surface area contributed by atoms with Crippen molar-refractivity contribution in [1.82, 2.24) is 4.57 Å². The zero-order valence-corrected chi connectivity index (χ0v) is 13.3. The number of nitrogens with one attached hydrogen (secondary N) is 1. The van der Waals surface area contributed by atoms with Crippen LogP contribution in [0.2, 0.25) is 0 Å². The summed E-state index contributed by atoms with van der Waals surface area (Å²) in [4.78, 5) is 11.7. The molecule has 2 aromatic rings. The summed E-state index contributed by atoms with van der Waals surface area (Å²) in [6.07, 6.45) is 2.86. The van der Waals surface area contributed by atoms with Crippen molar-refractivity contribution >= 4 is 5.69 Å². The Bertz CT molecular complexity index is 653. The van der Waals surface area contributed by atoms with Crippen molar-refractivity contribution in [2.45, 2.75) is 46.7 Å². The lowest BCUT2D eigenvalue weighted by Crippen LogP contribution is -2.19. The Morgan fingerprint density at radius 2 is 1.81 bits per heavy atom. The van der Waals surface area contributed by atoms with Crippen molar-refractivity contribution in [3.8, 4) is 0 Å². The van der Waals surface area contributed by atoms with Gasteiger partial charge in [-0.25, -0.2) is 0 Å². The van der Waals surface area contributed by atoms with E-state index in [4.69, 9.17) is 0 Å². The number of aryl methyl sites for hydroxylation is 3. The molecule has 21 heavy (non-hydrogen) atoms. The molecule has 0 aliphatic carbocycles. The predicted molar refractivity (Wildman–Crippen MR) is 88.9 cm³/mol. The second kappa shape index (κ2) is 6.61. The van der Waals surface area contributed by atoms with Crippen molar-refractivity contribution in [2.75, 3.05) is 5.32 Å². The minimum Gasteiger partial charge on any atom is -0.377 e. The molecule has 0 radical (unpaired) electrons. The molecule has 1 heterocycles. The van der Waals surface area contributed by atoms with Gasteiger partial charge < -0.3 is 9.88 Å². The Labute approximate surface area is 126 Å². The highest BCUT2D eigenvalue weighted by molar-refractivity contribution is 5.44. The molecule has 112 valence electrons. The standard InChI is InChI=1S/C18H24N2O/c1-5-8-20-12-17(6-7-18(20)21)19-15(4)16-10-13(2)9-14(3)11-16/h6-7,9-12,15,19H,5,8H2,1-4H3. The molecule has 0 saturated carbocycles. The van der Waals surface area contributed by atoms with Crippen LogP contribution in [0.3, 0.4) is 0 Å². The van der Waals surface area contributed by atoms with E-state index in [1.165, 1.54) is 16.7 Å². The molecule has 1 N–H and O–H groups in total. The van der Waals surface area contributed by atoms with E-state index in [0.717, 1.165) is 18.7 Å². The number of benzene rings is 1. The van der Waals surface area contributed by atoms with Crippen LogP contribution in [0.25, 0.3) is 0 Å². The summed E-state index contributed by atoms with van der Waals surface area (Å²) in [7, 11) is 0. The largest absolute Gasteiger partial charge is 0.377 e. The highest BCUT2D eigenvalue weighted by Gasteiger charge is 2.07. The van der Waals surface area contributed by atoms with Gasteiger partial charge in [-0.1, -0.05) is 36.2 Å². The van der Waals surface area contributed by atoms with Crippen LogP contribution in [-0.2, 0) is 6.54 Å². The lowest BCUT2D eigenvalue weighted by molar-refractivity contribution is 0.654. The van der Waals surface area contributed by atoms with Crippen molar-refractivity contribution in [3.63, 3.8) is 0 Å². The van der Waals surface area contributed by atoms with E-state index >= 15 is 0 Å². The van der Waals surface area contributed by atoms with E-state index in [-0.39, 0.29) is 11.6 Å². The number of aromatic nitrogens is 1. The van der Waals surface area contributed by atoms with Crippen LogP contribution in [0.5, 0.6) is 0 Å². The SMILES string of the molecule is CCCn1cc(NC(C)c2cc(C)cc(C)c2)ccc1=O. The highest BCUT2D eigenvalue weighted by atomic mass is 16.1. The second-order valence-corrected chi connectivity index (χ2v) is 5.74.